The van der Waals surface area contributed by atoms with Gasteiger partial charge in [0, 0.05) is 25.2 Å². The lowest BCUT2D eigenvalue weighted by Crippen LogP contribution is -2.25. The van der Waals surface area contributed by atoms with Crippen LogP contribution < -0.4 is 10.1 Å². The van der Waals surface area contributed by atoms with E-state index in [2.05, 4.69) is 15.4 Å². The van der Waals surface area contributed by atoms with Crippen molar-refractivity contribution in [3.63, 3.8) is 0 Å². The molecule has 156 valence electrons. The topological polar surface area (TPSA) is 119 Å². The Hall–Kier alpha value is -3.92. The second kappa shape index (κ2) is 9.05. The number of methoxy groups -OCH3 is 1. The molecule has 0 aliphatic carbocycles. The molecule has 10 nitrogen and oxygen atoms in total. The molecule has 0 bridgehead atoms. The summed E-state index contributed by atoms with van der Waals surface area (Å²) in [5, 5.41) is 16.6. The number of aromatic nitrogens is 3. The van der Waals surface area contributed by atoms with Crippen molar-refractivity contribution in [2.45, 2.75) is 6.54 Å². The molecule has 1 aromatic carbocycles. The number of ether oxygens (including phenoxy) is 1. The molecule has 3 rings (SSSR count). The number of carbonyl (C=O) groups excluding carboxylic acids is 1. The van der Waals surface area contributed by atoms with Gasteiger partial charge < -0.3 is 15.2 Å². The molecular weight excluding hydrogens is 390 g/mol. The van der Waals surface area contributed by atoms with Gasteiger partial charge >= 0.3 is 6.09 Å². The van der Waals surface area contributed by atoms with Crippen molar-refractivity contribution in [1.29, 1.82) is 0 Å². The molecule has 2 amide bonds. The number of hydrogen-bond acceptors (Lipinski definition) is 6. The maximum atomic E-state index is 12.5. The van der Waals surface area contributed by atoms with Crippen LogP contribution in [0.4, 0.5) is 4.79 Å². The van der Waals surface area contributed by atoms with E-state index in [1.54, 1.807) is 41.2 Å². The molecule has 0 spiro atoms. The van der Waals surface area contributed by atoms with Gasteiger partial charge in [-0.3, -0.25) is 9.63 Å². The predicted octanol–water partition coefficient (Wildman–Crippen LogP) is 2.34. The molecule has 2 heterocycles. The minimum atomic E-state index is -1.09. The van der Waals surface area contributed by atoms with Crippen LogP contribution in [0.2, 0.25) is 0 Å². The van der Waals surface area contributed by atoms with E-state index in [1.165, 1.54) is 21.3 Å². The zero-order valence-corrected chi connectivity index (χ0v) is 16.7. The summed E-state index contributed by atoms with van der Waals surface area (Å²) in [5.74, 6) is 0.0550. The summed E-state index contributed by atoms with van der Waals surface area (Å²) < 4.78 is 6.70. The second-order valence-corrected chi connectivity index (χ2v) is 6.23. The van der Waals surface area contributed by atoms with Gasteiger partial charge in [-0.05, 0) is 17.7 Å². The first-order valence-corrected chi connectivity index (χ1v) is 8.91. The van der Waals surface area contributed by atoms with Crippen molar-refractivity contribution in [2.75, 3.05) is 21.3 Å². The van der Waals surface area contributed by atoms with Gasteiger partial charge in [-0.25, -0.2) is 19.5 Å². The van der Waals surface area contributed by atoms with Crippen molar-refractivity contribution in [2.24, 2.45) is 0 Å². The number of hydrogen-bond donors (Lipinski definition) is 2. The molecule has 0 atom stereocenters. The molecule has 2 N–H and O–H groups in total. The molecule has 0 saturated carbocycles. The zero-order valence-electron chi connectivity index (χ0n) is 16.7. The predicted molar refractivity (Wildman–Crippen MR) is 107 cm³/mol. The van der Waals surface area contributed by atoms with Crippen molar-refractivity contribution < 1.29 is 24.3 Å². The number of nitrogens with one attached hydrogen (secondary N) is 1. The lowest BCUT2D eigenvalue weighted by Gasteiger charge is -2.11. The first kappa shape index (κ1) is 20.8. The Bertz CT molecular complexity index is 1030. The van der Waals surface area contributed by atoms with Crippen molar-refractivity contribution in [1.82, 2.24) is 25.1 Å². The molecule has 0 radical (unpaired) electrons. The highest BCUT2D eigenvalue weighted by molar-refractivity contribution is 5.92. The van der Waals surface area contributed by atoms with Crippen LogP contribution >= 0.6 is 0 Å². The van der Waals surface area contributed by atoms with E-state index in [-0.39, 0.29) is 12.2 Å². The minimum Gasteiger partial charge on any atom is -0.481 e. The lowest BCUT2D eigenvalue weighted by molar-refractivity contribution is -0.0760. The third-order valence-corrected chi connectivity index (χ3v) is 4.36. The number of carboxylic acid groups (broad SMARTS) is 1. The molecule has 30 heavy (non-hydrogen) atoms. The van der Waals surface area contributed by atoms with Crippen LogP contribution in [0.3, 0.4) is 0 Å². The summed E-state index contributed by atoms with van der Waals surface area (Å²) in [6.07, 6.45) is 0.504. The maximum Gasteiger partial charge on any atom is 0.404 e. The average molecular weight is 411 g/mol. The van der Waals surface area contributed by atoms with E-state index in [0.29, 0.717) is 17.3 Å². The fourth-order valence-corrected chi connectivity index (χ4v) is 2.72. The third kappa shape index (κ3) is 4.55. The number of amides is 2. The van der Waals surface area contributed by atoms with E-state index >= 15 is 0 Å². The maximum absolute atomic E-state index is 12.5. The molecule has 0 aliphatic rings. The summed E-state index contributed by atoms with van der Waals surface area (Å²) in [4.78, 5) is 32.4. The number of benzene rings is 1. The summed E-state index contributed by atoms with van der Waals surface area (Å²) in [7, 11) is 4.42. The van der Waals surface area contributed by atoms with Crippen molar-refractivity contribution >= 4 is 12.0 Å². The molecular formula is C20H21N5O5. The number of hydroxylamine groups is 2. The molecule has 0 saturated heterocycles. The van der Waals surface area contributed by atoms with E-state index < -0.39 is 12.0 Å². The van der Waals surface area contributed by atoms with Crippen LogP contribution in [0.5, 0.6) is 5.88 Å². The standard InChI is InChI=1S/C20H21N5O5/c1-24(30-3)19(26)16-10-17(14-6-4-13(5-7-14)11-22-20(27)28)25(23-16)15-8-9-18(29-2)21-12-15/h4-10,12,22H,11H2,1-3H3,(H,27,28). The SMILES string of the molecule is COc1ccc(-n2nc(C(=O)N(C)OC)cc2-c2ccc(CNC(=O)O)cc2)cn1. The van der Waals surface area contributed by atoms with Crippen LogP contribution in [-0.4, -0.2) is 58.2 Å². The van der Waals surface area contributed by atoms with E-state index in [0.717, 1.165) is 16.2 Å². The number of nitrogens with zero attached hydrogens (tertiary/aromatic N) is 4. The van der Waals surface area contributed by atoms with Crippen LogP contribution in [0.25, 0.3) is 16.9 Å². The first-order valence-electron chi connectivity index (χ1n) is 8.91. The first-order chi connectivity index (χ1) is 14.4. The lowest BCUT2D eigenvalue weighted by atomic mass is 10.1. The minimum absolute atomic E-state index is 0.194. The Labute approximate surface area is 172 Å². The monoisotopic (exact) mass is 411 g/mol. The molecule has 3 aromatic rings. The highest BCUT2D eigenvalue weighted by atomic mass is 16.7. The Morgan fingerprint density at radius 2 is 1.90 bits per heavy atom. The van der Waals surface area contributed by atoms with E-state index in [1.807, 2.05) is 12.1 Å². The largest absolute Gasteiger partial charge is 0.481 e. The quantitative estimate of drug-likeness (QED) is 0.573. The van der Waals surface area contributed by atoms with Crippen molar-refractivity contribution in [3.8, 4) is 22.8 Å². The molecule has 0 fully saturated rings. The molecule has 0 aliphatic heterocycles. The Kier molecular flexibility index (Phi) is 6.28. The number of rotatable bonds is 7. The second-order valence-electron chi connectivity index (χ2n) is 6.23. The fourth-order valence-electron chi connectivity index (χ4n) is 2.72. The molecule has 2 aromatic heterocycles. The summed E-state index contributed by atoms with van der Waals surface area (Å²) in [6.45, 7) is 0.194. The highest BCUT2D eigenvalue weighted by Crippen LogP contribution is 2.25. The van der Waals surface area contributed by atoms with Gasteiger partial charge in [0.1, 0.15) is 0 Å². The summed E-state index contributed by atoms with van der Waals surface area (Å²) in [6, 6.07) is 12.4. The Balaban J connectivity index is 2.01. The van der Waals surface area contributed by atoms with Crippen molar-refractivity contribution in [3.05, 3.63) is 59.9 Å². The highest BCUT2D eigenvalue weighted by Gasteiger charge is 2.20. The van der Waals surface area contributed by atoms with E-state index in [4.69, 9.17) is 14.7 Å². The Morgan fingerprint density at radius 1 is 1.17 bits per heavy atom. The molecule has 10 heteroatoms. The van der Waals surface area contributed by atoms with Gasteiger partial charge in [0.05, 0.1) is 31.8 Å². The number of pyridine rings is 1. The average Bonchev–Trinajstić information content (AvgIpc) is 3.22. The van der Waals surface area contributed by atoms with E-state index in [9.17, 15) is 9.59 Å². The molecule has 0 unspecified atom stereocenters. The van der Waals surface area contributed by atoms with Crippen LogP contribution in [0.15, 0.2) is 48.7 Å². The van der Waals surface area contributed by atoms with Crippen LogP contribution in [0.1, 0.15) is 16.1 Å². The Morgan fingerprint density at radius 3 is 2.47 bits per heavy atom. The number of carbonyl (C=O) groups is 2. The van der Waals surface area contributed by atoms with Gasteiger partial charge in [0.2, 0.25) is 5.88 Å². The fraction of sp³-hybridized carbons (Fsp3) is 0.200. The smallest absolute Gasteiger partial charge is 0.404 e. The van der Waals surface area contributed by atoms with Gasteiger partial charge in [-0.2, -0.15) is 5.10 Å². The van der Waals surface area contributed by atoms with Gasteiger partial charge in [-0.15, -0.1) is 0 Å². The van der Waals surface area contributed by atoms with Gasteiger partial charge in [0.25, 0.3) is 5.91 Å². The zero-order chi connectivity index (χ0) is 21.7. The third-order valence-electron chi connectivity index (χ3n) is 4.36. The van der Waals surface area contributed by atoms with Crippen LogP contribution in [-0.2, 0) is 11.4 Å². The summed E-state index contributed by atoms with van der Waals surface area (Å²) >= 11 is 0. The van der Waals surface area contributed by atoms with Gasteiger partial charge in [0.15, 0.2) is 5.69 Å². The van der Waals surface area contributed by atoms with Crippen LogP contribution in [0, 0.1) is 0 Å². The summed E-state index contributed by atoms with van der Waals surface area (Å²) in [5.41, 5.74) is 3.08. The normalized spacial score (nSPS) is 10.5. The van der Waals surface area contributed by atoms with Gasteiger partial charge in [-0.1, -0.05) is 24.3 Å².